The Balaban J connectivity index is 2.82. The highest BCUT2D eigenvalue weighted by atomic mass is 35.5. The van der Waals surface area contributed by atoms with E-state index in [0.29, 0.717) is 10.7 Å². The third kappa shape index (κ3) is 2.17. The Labute approximate surface area is 76.2 Å². The van der Waals surface area contributed by atoms with Gasteiger partial charge in [-0.1, -0.05) is 11.6 Å². The van der Waals surface area contributed by atoms with Crippen LogP contribution in [-0.2, 0) is 0 Å². The van der Waals surface area contributed by atoms with Gasteiger partial charge in [0.15, 0.2) is 0 Å². The summed E-state index contributed by atoms with van der Waals surface area (Å²) in [4.78, 5) is 3.94. The lowest BCUT2D eigenvalue weighted by Crippen LogP contribution is -2.24. The van der Waals surface area contributed by atoms with E-state index in [0.717, 1.165) is 0 Å². The lowest BCUT2D eigenvalue weighted by atomic mass is 10.1. The number of aromatic nitrogens is 1. The highest BCUT2D eigenvalue weighted by Crippen LogP contribution is 2.14. The van der Waals surface area contributed by atoms with Gasteiger partial charge >= 0.3 is 0 Å². The molecule has 2 atom stereocenters. The zero-order chi connectivity index (χ0) is 9.14. The van der Waals surface area contributed by atoms with Gasteiger partial charge in [0.2, 0.25) is 0 Å². The second-order valence-corrected chi connectivity index (χ2v) is 3.14. The highest BCUT2D eigenvalue weighted by Gasteiger charge is 2.12. The van der Waals surface area contributed by atoms with Gasteiger partial charge in [0, 0.05) is 12.2 Å². The van der Waals surface area contributed by atoms with Crippen LogP contribution in [0.1, 0.15) is 18.7 Å². The Bertz CT molecular complexity index is 248. The maximum atomic E-state index is 9.46. The Morgan fingerprint density at radius 3 is 2.67 bits per heavy atom. The average Bonchev–Trinajstić information content (AvgIpc) is 2.04. The van der Waals surface area contributed by atoms with Gasteiger partial charge in [-0.2, -0.15) is 0 Å². The molecule has 0 radical (unpaired) electrons. The van der Waals surface area contributed by atoms with Crippen molar-refractivity contribution in [3.05, 3.63) is 29.0 Å². The number of hydrogen-bond donors (Lipinski definition) is 2. The molecule has 0 fully saturated rings. The van der Waals surface area contributed by atoms with Gasteiger partial charge in [-0.25, -0.2) is 0 Å². The van der Waals surface area contributed by atoms with Crippen LogP contribution in [0.15, 0.2) is 18.3 Å². The molecule has 1 heterocycles. The average molecular weight is 187 g/mol. The molecule has 4 heteroatoms. The zero-order valence-electron chi connectivity index (χ0n) is 6.74. The fraction of sp³-hybridized carbons (Fsp3) is 0.375. The first-order valence-electron chi connectivity index (χ1n) is 3.66. The third-order valence-corrected chi connectivity index (χ3v) is 1.77. The fourth-order valence-electron chi connectivity index (χ4n) is 0.832. The monoisotopic (exact) mass is 186 g/mol. The summed E-state index contributed by atoms with van der Waals surface area (Å²) in [6.07, 6.45) is 0.768. The normalized spacial score (nSPS) is 15.7. The van der Waals surface area contributed by atoms with E-state index in [1.807, 2.05) is 0 Å². The minimum absolute atomic E-state index is 0.321. The van der Waals surface area contributed by atoms with Gasteiger partial charge in [-0.05, 0) is 19.1 Å². The van der Waals surface area contributed by atoms with E-state index in [9.17, 15) is 5.11 Å². The molecule has 0 saturated carbocycles. The number of aliphatic hydroxyl groups is 1. The number of nitrogens with zero attached hydrogens (tertiary/aromatic N) is 1. The van der Waals surface area contributed by atoms with Crippen molar-refractivity contribution in [2.45, 2.75) is 19.1 Å². The number of hydrogen-bond acceptors (Lipinski definition) is 3. The van der Waals surface area contributed by atoms with Crippen LogP contribution in [0.25, 0.3) is 0 Å². The van der Waals surface area contributed by atoms with E-state index in [4.69, 9.17) is 17.3 Å². The van der Waals surface area contributed by atoms with Crippen LogP contribution in [0.5, 0.6) is 0 Å². The van der Waals surface area contributed by atoms with Crippen molar-refractivity contribution in [2.24, 2.45) is 5.73 Å². The van der Waals surface area contributed by atoms with Gasteiger partial charge in [-0.15, -0.1) is 0 Å². The quantitative estimate of drug-likeness (QED) is 0.728. The van der Waals surface area contributed by atoms with Crippen LogP contribution in [0, 0.1) is 0 Å². The SMILES string of the molecule is CC(N)C(O)c1ccc(Cl)cn1. The van der Waals surface area contributed by atoms with Crippen molar-refractivity contribution in [3.63, 3.8) is 0 Å². The van der Waals surface area contributed by atoms with Gasteiger partial charge in [0.05, 0.1) is 10.7 Å². The number of pyridine rings is 1. The molecule has 0 aromatic carbocycles. The summed E-state index contributed by atoms with van der Waals surface area (Å²) in [5, 5.41) is 10.0. The van der Waals surface area contributed by atoms with Crippen LogP contribution in [0.3, 0.4) is 0 Å². The van der Waals surface area contributed by atoms with E-state index in [-0.39, 0.29) is 6.04 Å². The molecule has 1 rings (SSSR count). The predicted molar refractivity (Wildman–Crippen MR) is 47.9 cm³/mol. The second kappa shape index (κ2) is 3.85. The van der Waals surface area contributed by atoms with Crippen molar-refractivity contribution in [2.75, 3.05) is 0 Å². The van der Waals surface area contributed by atoms with Gasteiger partial charge in [0.25, 0.3) is 0 Å². The molecule has 3 nitrogen and oxygen atoms in total. The molecule has 1 aromatic heterocycles. The summed E-state index contributed by atoms with van der Waals surface area (Å²) in [6.45, 7) is 1.72. The molecule has 0 aliphatic carbocycles. The summed E-state index contributed by atoms with van der Waals surface area (Å²) in [5.74, 6) is 0. The molecule has 0 bridgehead atoms. The first kappa shape index (κ1) is 9.45. The summed E-state index contributed by atoms with van der Waals surface area (Å²) >= 11 is 5.62. The molecule has 66 valence electrons. The third-order valence-electron chi connectivity index (χ3n) is 1.55. The molecule has 0 spiro atoms. The van der Waals surface area contributed by atoms with Gasteiger partial charge < -0.3 is 10.8 Å². The number of halogens is 1. The summed E-state index contributed by atoms with van der Waals surface area (Å²) in [6, 6.07) is 3.02. The first-order chi connectivity index (χ1) is 5.61. The predicted octanol–water partition coefficient (Wildman–Crippen LogP) is 1.12. The first-order valence-corrected chi connectivity index (χ1v) is 4.04. The molecule has 0 amide bonds. The lowest BCUT2D eigenvalue weighted by Gasteiger charge is -2.13. The summed E-state index contributed by atoms with van der Waals surface area (Å²) < 4.78 is 0. The van der Waals surface area contributed by atoms with Crippen LogP contribution in [0.4, 0.5) is 0 Å². The number of rotatable bonds is 2. The maximum absolute atomic E-state index is 9.46. The Morgan fingerprint density at radius 2 is 2.25 bits per heavy atom. The fourth-order valence-corrected chi connectivity index (χ4v) is 0.943. The molecule has 0 saturated heterocycles. The molecule has 0 aliphatic rings. The minimum atomic E-state index is -0.720. The lowest BCUT2D eigenvalue weighted by molar-refractivity contribution is 0.149. The standard InChI is InChI=1S/C8H11ClN2O/c1-5(10)8(12)7-3-2-6(9)4-11-7/h2-5,8,12H,10H2,1H3. The van der Waals surface area contributed by atoms with E-state index < -0.39 is 6.10 Å². The molecule has 12 heavy (non-hydrogen) atoms. The van der Waals surface area contributed by atoms with Crippen LogP contribution in [0.2, 0.25) is 5.02 Å². The Hall–Kier alpha value is -0.640. The van der Waals surface area contributed by atoms with Crippen molar-refractivity contribution in [1.29, 1.82) is 0 Å². The topological polar surface area (TPSA) is 59.1 Å². The van der Waals surface area contributed by atoms with Crippen molar-refractivity contribution < 1.29 is 5.11 Å². The molecular formula is C8H11ClN2O. The number of nitrogens with two attached hydrogens (primary N) is 1. The van der Waals surface area contributed by atoms with Gasteiger partial charge in [0.1, 0.15) is 6.10 Å². The molecule has 3 N–H and O–H groups in total. The highest BCUT2D eigenvalue weighted by molar-refractivity contribution is 6.30. The molecule has 0 aliphatic heterocycles. The largest absolute Gasteiger partial charge is 0.385 e. The number of aliphatic hydroxyl groups excluding tert-OH is 1. The van der Waals surface area contributed by atoms with E-state index in [2.05, 4.69) is 4.98 Å². The minimum Gasteiger partial charge on any atom is -0.385 e. The summed E-state index contributed by atoms with van der Waals surface area (Å²) in [7, 11) is 0. The summed E-state index contributed by atoms with van der Waals surface area (Å²) in [5.41, 5.74) is 6.03. The van der Waals surface area contributed by atoms with Crippen LogP contribution >= 0.6 is 11.6 Å². The van der Waals surface area contributed by atoms with Crippen LogP contribution < -0.4 is 5.73 Å². The molecular weight excluding hydrogens is 176 g/mol. The smallest absolute Gasteiger partial charge is 0.111 e. The van der Waals surface area contributed by atoms with E-state index in [1.54, 1.807) is 19.1 Å². The second-order valence-electron chi connectivity index (χ2n) is 2.71. The Kier molecular flexibility index (Phi) is 3.03. The van der Waals surface area contributed by atoms with Crippen molar-refractivity contribution in [1.82, 2.24) is 4.98 Å². The van der Waals surface area contributed by atoms with E-state index >= 15 is 0 Å². The maximum Gasteiger partial charge on any atom is 0.111 e. The van der Waals surface area contributed by atoms with Crippen LogP contribution in [-0.4, -0.2) is 16.1 Å². The molecule has 1 aromatic rings. The molecule has 2 unspecified atom stereocenters. The zero-order valence-corrected chi connectivity index (χ0v) is 7.49. The van der Waals surface area contributed by atoms with E-state index in [1.165, 1.54) is 6.20 Å². The van der Waals surface area contributed by atoms with Crippen molar-refractivity contribution in [3.8, 4) is 0 Å². The van der Waals surface area contributed by atoms with Gasteiger partial charge in [-0.3, -0.25) is 4.98 Å². The van der Waals surface area contributed by atoms with Crippen molar-refractivity contribution >= 4 is 11.6 Å². The Morgan fingerprint density at radius 1 is 1.58 bits per heavy atom.